The molecule has 0 bridgehead atoms. The Morgan fingerprint density at radius 1 is 1.00 bits per heavy atom. The van der Waals surface area contributed by atoms with Gasteiger partial charge in [-0.2, -0.15) is 0 Å². The zero-order valence-corrected chi connectivity index (χ0v) is 15.8. The fourth-order valence-corrected chi connectivity index (χ4v) is 2.75. The Kier molecular flexibility index (Phi) is 7.29. The summed E-state index contributed by atoms with van der Waals surface area (Å²) in [5, 5.41) is 20.7. The number of rotatable bonds is 9. The number of hydrogen-bond donors (Lipinski definition) is 4. The first-order valence-corrected chi connectivity index (χ1v) is 9.22. The van der Waals surface area contributed by atoms with Gasteiger partial charge in [-0.15, -0.1) is 0 Å². The summed E-state index contributed by atoms with van der Waals surface area (Å²) in [6.07, 6.45) is 1.52. The predicted molar refractivity (Wildman–Crippen MR) is 108 cm³/mol. The van der Waals surface area contributed by atoms with Crippen molar-refractivity contribution in [3.8, 4) is 17.0 Å². The van der Waals surface area contributed by atoms with Crippen LogP contribution >= 0.6 is 0 Å². The molecular weight excluding hydrogens is 370 g/mol. The second-order valence-corrected chi connectivity index (χ2v) is 6.40. The summed E-state index contributed by atoms with van der Waals surface area (Å²) in [6.45, 7) is 1.88. The van der Waals surface area contributed by atoms with E-state index in [1.54, 1.807) is 11.5 Å². The molecule has 3 aromatic rings. The molecule has 0 saturated heterocycles. The topological polar surface area (TPSA) is 104 Å². The Labute approximate surface area is 169 Å². The summed E-state index contributed by atoms with van der Waals surface area (Å²) < 4.78 is 5.83. The van der Waals surface area contributed by atoms with Gasteiger partial charge in [0.1, 0.15) is 12.4 Å². The van der Waals surface area contributed by atoms with Crippen molar-refractivity contribution in [2.45, 2.75) is 13.2 Å². The number of nitrogens with one attached hydrogen (secondary N) is 2. The van der Waals surface area contributed by atoms with Crippen molar-refractivity contribution in [3.05, 3.63) is 83.6 Å². The molecule has 3 rings (SSSR count). The monoisotopic (exact) mass is 393 g/mol. The molecule has 0 aliphatic rings. The predicted octanol–water partition coefficient (Wildman–Crippen LogP) is 2.53. The number of ether oxygens (including phenoxy) is 1. The molecule has 0 spiro atoms. The Morgan fingerprint density at radius 3 is 2.41 bits per heavy atom. The van der Waals surface area contributed by atoms with E-state index in [0.717, 1.165) is 29.0 Å². The lowest BCUT2D eigenvalue weighted by molar-refractivity contribution is 0.0706. The average Bonchev–Trinajstić information content (AvgIpc) is 2.78. The quantitative estimate of drug-likeness (QED) is 0.253. The number of hydroxylamine groups is 1. The second-order valence-electron chi connectivity index (χ2n) is 6.40. The van der Waals surface area contributed by atoms with Crippen LogP contribution in [0.2, 0.25) is 0 Å². The number of nitrogens with zero attached hydrogens (tertiary/aromatic N) is 1. The highest BCUT2D eigenvalue weighted by Crippen LogP contribution is 2.22. The number of pyridine rings is 1. The van der Waals surface area contributed by atoms with Crippen molar-refractivity contribution in [1.82, 2.24) is 15.8 Å². The smallest absolute Gasteiger partial charge is 0.274 e. The van der Waals surface area contributed by atoms with E-state index < -0.39 is 5.91 Å². The van der Waals surface area contributed by atoms with E-state index in [-0.39, 0.29) is 6.61 Å². The minimum atomic E-state index is -0.580. The van der Waals surface area contributed by atoms with Crippen molar-refractivity contribution in [2.75, 3.05) is 13.2 Å². The minimum absolute atomic E-state index is 0.129. The van der Waals surface area contributed by atoms with E-state index in [9.17, 15) is 4.79 Å². The van der Waals surface area contributed by atoms with Crippen LogP contribution in [0.5, 0.6) is 5.75 Å². The first kappa shape index (κ1) is 20.5. The van der Waals surface area contributed by atoms with Gasteiger partial charge in [0.25, 0.3) is 5.91 Å². The Morgan fingerprint density at radius 2 is 1.72 bits per heavy atom. The van der Waals surface area contributed by atoms with E-state index in [1.165, 1.54) is 12.3 Å². The largest absolute Gasteiger partial charge is 0.489 e. The third-order valence-corrected chi connectivity index (χ3v) is 4.32. The minimum Gasteiger partial charge on any atom is -0.489 e. The number of carbonyl (C=O) groups excluding carboxylic acids is 1. The summed E-state index contributed by atoms with van der Waals surface area (Å²) in [6, 6.07) is 18.7. The molecule has 0 fully saturated rings. The van der Waals surface area contributed by atoms with Crippen molar-refractivity contribution < 1.29 is 19.8 Å². The molecule has 1 amide bonds. The van der Waals surface area contributed by atoms with Crippen LogP contribution in [0.25, 0.3) is 11.3 Å². The summed E-state index contributed by atoms with van der Waals surface area (Å²) in [5.74, 6) is 0.149. The molecule has 1 heterocycles. The van der Waals surface area contributed by atoms with E-state index in [1.807, 2.05) is 48.5 Å². The zero-order chi connectivity index (χ0) is 20.5. The fraction of sp³-hybridized carbons (Fsp3) is 0.182. The van der Waals surface area contributed by atoms with E-state index in [0.29, 0.717) is 24.4 Å². The molecule has 0 aliphatic carbocycles. The van der Waals surface area contributed by atoms with Gasteiger partial charge in [0, 0.05) is 30.4 Å². The number of carbonyl (C=O) groups is 1. The van der Waals surface area contributed by atoms with Crippen LogP contribution in [0.3, 0.4) is 0 Å². The SMILES string of the molecule is O=C(NO)c1ccnc(-c2ccc(OCc3ccc(CNCCO)cc3)cc2)c1. The van der Waals surface area contributed by atoms with Crippen molar-refractivity contribution in [1.29, 1.82) is 0 Å². The van der Waals surface area contributed by atoms with Gasteiger partial charge < -0.3 is 15.2 Å². The molecule has 4 N–H and O–H groups in total. The normalized spacial score (nSPS) is 10.6. The second kappa shape index (κ2) is 10.3. The van der Waals surface area contributed by atoms with Gasteiger partial charge in [0.15, 0.2) is 0 Å². The Bertz CT molecular complexity index is 928. The Balaban J connectivity index is 1.58. The highest BCUT2D eigenvalue weighted by atomic mass is 16.5. The zero-order valence-electron chi connectivity index (χ0n) is 15.8. The lowest BCUT2D eigenvalue weighted by atomic mass is 10.1. The van der Waals surface area contributed by atoms with Crippen molar-refractivity contribution in [3.63, 3.8) is 0 Å². The van der Waals surface area contributed by atoms with Crippen LogP contribution in [0, 0.1) is 0 Å². The first-order chi connectivity index (χ1) is 14.2. The summed E-state index contributed by atoms with van der Waals surface area (Å²) in [7, 11) is 0. The number of aliphatic hydroxyl groups is 1. The lowest BCUT2D eigenvalue weighted by Crippen LogP contribution is -2.18. The third kappa shape index (κ3) is 5.86. The molecule has 7 nitrogen and oxygen atoms in total. The van der Waals surface area contributed by atoms with Crippen molar-refractivity contribution >= 4 is 5.91 Å². The van der Waals surface area contributed by atoms with Gasteiger partial charge in [-0.25, -0.2) is 5.48 Å². The third-order valence-electron chi connectivity index (χ3n) is 4.32. The maximum atomic E-state index is 11.5. The van der Waals surface area contributed by atoms with Crippen LogP contribution in [-0.2, 0) is 13.2 Å². The van der Waals surface area contributed by atoms with E-state index in [2.05, 4.69) is 10.3 Å². The van der Waals surface area contributed by atoms with E-state index >= 15 is 0 Å². The fourth-order valence-electron chi connectivity index (χ4n) is 2.75. The molecule has 0 aliphatic heterocycles. The molecule has 0 unspecified atom stereocenters. The standard InChI is InChI=1S/C22H23N3O4/c26-12-11-23-14-16-1-3-17(4-2-16)15-29-20-7-5-18(6-8-20)21-13-19(9-10-24-21)22(27)25-28/h1-10,13,23,26,28H,11-12,14-15H2,(H,25,27). The van der Waals surface area contributed by atoms with Crippen LogP contribution in [0.1, 0.15) is 21.5 Å². The molecule has 0 saturated carbocycles. The maximum absolute atomic E-state index is 11.5. The molecule has 0 radical (unpaired) electrons. The maximum Gasteiger partial charge on any atom is 0.274 e. The number of benzene rings is 2. The first-order valence-electron chi connectivity index (χ1n) is 9.22. The summed E-state index contributed by atoms with van der Waals surface area (Å²) >= 11 is 0. The average molecular weight is 393 g/mol. The van der Waals surface area contributed by atoms with Crippen LogP contribution < -0.4 is 15.5 Å². The Hall–Kier alpha value is -3.26. The van der Waals surface area contributed by atoms with Gasteiger partial charge in [0.2, 0.25) is 0 Å². The molecule has 150 valence electrons. The number of aliphatic hydroxyl groups excluding tert-OH is 1. The molecule has 29 heavy (non-hydrogen) atoms. The lowest BCUT2D eigenvalue weighted by Gasteiger charge is -2.09. The summed E-state index contributed by atoms with van der Waals surface area (Å²) in [4.78, 5) is 15.8. The highest BCUT2D eigenvalue weighted by molar-refractivity contribution is 5.94. The van der Waals surface area contributed by atoms with Gasteiger partial charge >= 0.3 is 0 Å². The van der Waals surface area contributed by atoms with Crippen LogP contribution in [0.15, 0.2) is 66.9 Å². The molecule has 2 aromatic carbocycles. The number of amides is 1. The van der Waals surface area contributed by atoms with Crippen LogP contribution in [0.4, 0.5) is 0 Å². The van der Waals surface area contributed by atoms with Gasteiger partial charge in [-0.3, -0.25) is 15.0 Å². The molecule has 7 heteroatoms. The number of aromatic nitrogens is 1. The molecular formula is C22H23N3O4. The van der Waals surface area contributed by atoms with Gasteiger partial charge in [0.05, 0.1) is 12.3 Å². The molecule has 0 atom stereocenters. The van der Waals surface area contributed by atoms with Crippen LogP contribution in [-0.4, -0.2) is 34.4 Å². The highest BCUT2D eigenvalue weighted by Gasteiger charge is 2.07. The summed E-state index contributed by atoms with van der Waals surface area (Å²) in [5.41, 5.74) is 5.62. The van der Waals surface area contributed by atoms with Gasteiger partial charge in [-0.05, 0) is 47.5 Å². The number of hydrogen-bond acceptors (Lipinski definition) is 6. The molecule has 1 aromatic heterocycles. The van der Waals surface area contributed by atoms with Crippen molar-refractivity contribution in [2.24, 2.45) is 0 Å². The van der Waals surface area contributed by atoms with E-state index in [4.69, 9.17) is 15.1 Å². The van der Waals surface area contributed by atoms with Gasteiger partial charge in [-0.1, -0.05) is 24.3 Å².